The smallest absolute Gasteiger partial charge is 0.328 e. The number of aliphatic hydroxyl groups is 1. The van der Waals surface area contributed by atoms with Gasteiger partial charge in [-0.05, 0) is 6.07 Å². The number of nitro groups is 1. The van der Waals surface area contributed by atoms with Crippen molar-refractivity contribution in [3.63, 3.8) is 0 Å². The molecular weight excluding hydrogens is 430 g/mol. The van der Waals surface area contributed by atoms with Gasteiger partial charge in [0, 0.05) is 18.4 Å². The Labute approximate surface area is 160 Å². The van der Waals surface area contributed by atoms with E-state index in [2.05, 4.69) is 26.1 Å². The first-order chi connectivity index (χ1) is 12.4. The summed E-state index contributed by atoms with van der Waals surface area (Å²) < 4.78 is 5.77. The summed E-state index contributed by atoms with van der Waals surface area (Å²) in [6.45, 7) is 0.180. The Morgan fingerprint density at radius 3 is 2.92 bits per heavy atom. The molecule has 0 spiro atoms. The molecule has 0 saturated carbocycles. The van der Waals surface area contributed by atoms with Crippen LogP contribution >= 0.6 is 27.3 Å². The minimum Gasteiger partial charge on any atom is -0.482 e. The van der Waals surface area contributed by atoms with E-state index >= 15 is 0 Å². The van der Waals surface area contributed by atoms with Crippen molar-refractivity contribution in [2.75, 3.05) is 23.8 Å². The Morgan fingerprint density at radius 1 is 1.54 bits per heavy atom. The van der Waals surface area contributed by atoms with E-state index < -0.39 is 17.3 Å². The topological polar surface area (TPSA) is 122 Å². The Bertz CT molecular complexity index is 834. The lowest BCUT2D eigenvalue weighted by Crippen LogP contribution is -2.34. The molecule has 12 heteroatoms. The minimum absolute atomic E-state index is 0.0809. The van der Waals surface area contributed by atoms with Crippen molar-refractivity contribution in [1.29, 1.82) is 0 Å². The summed E-state index contributed by atoms with van der Waals surface area (Å²) in [5.74, 6) is 0.317. The number of alkyl halides is 1. The number of halogens is 1. The normalized spacial score (nSPS) is 18.3. The van der Waals surface area contributed by atoms with Gasteiger partial charge in [-0.1, -0.05) is 33.3 Å². The van der Waals surface area contributed by atoms with Gasteiger partial charge in [0.1, 0.15) is 5.75 Å². The molecule has 2 aromatic rings. The number of ether oxygens (including phenoxy) is 1. The summed E-state index contributed by atoms with van der Waals surface area (Å²) in [5.41, 5.74) is -0.0809. The molecule has 0 bridgehead atoms. The van der Waals surface area contributed by atoms with Gasteiger partial charge in [0.05, 0.1) is 17.5 Å². The van der Waals surface area contributed by atoms with Gasteiger partial charge < -0.3 is 14.7 Å². The molecule has 2 heterocycles. The number of benzene rings is 1. The lowest BCUT2D eigenvalue weighted by atomic mass is 10.3. The van der Waals surface area contributed by atoms with Crippen LogP contribution in [0.5, 0.6) is 5.75 Å². The van der Waals surface area contributed by atoms with Crippen LogP contribution in [0, 0.1) is 10.1 Å². The van der Waals surface area contributed by atoms with Crippen molar-refractivity contribution in [2.45, 2.75) is 12.3 Å². The molecule has 138 valence electrons. The zero-order valence-corrected chi connectivity index (χ0v) is 15.9. The zero-order valence-electron chi connectivity index (χ0n) is 13.5. The molecule has 0 aliphatic carbocycles. The van der Waals surface area contributed by atoms with E-state index in [1.165, 1.54) is 28.0 Å². The van der Waals surface area contributed by atoms with E-state index in [1.807, 2.05) is 0 Å². The molecule has 1 aromatic carbocycles. The molecule has 1 aliphatic heterocycles. The Morgan fingerprint density at radius 2 is 2.31 bits per heavy atom. The Kier molecular flexibility index (Phi) is 5.34. The van der Waals surface area contributed by atoms with E-state index in [-0.39, 0.29) is 23.4 Å². The molecule has 1 aromatic heterocycles. The number of aromatic nitrogens is 2. The summed E-state index contributed by atoms with van der Waals surface area (Å²) in [5, 5.41) is 30.0. The standard InChI is InChI=1S/C14H14BrN5O5S/c1-18-7-11(21)19(14(18)22)13-17-16-12(26-13)10(6-15)25-9-4-2-3-8(5-9)20(23)24/h2-5,10-11,21H,6-7H2,1H3. The van der Waals surface area contributed by atoms with Gasteiger partial charge in [0.2, 0.25) is 5.13 Å². The van der Waals surface area contributed by atoms with Crippen molar-refractivity contribution in [1.82, 2.24) is 15.1 Å². The fraction of sp³-hybridized carbons (Fsp3) is 0.357. The second kappa shape index (κ2) is 7.51. The third-order valence-corrected chi connectivity index (χ3v) is 5.23. The predicted molar refractivity (Wildman–Crippen MR) is 96.7 cm³/mol. The summed E-state index contributed by atoms with van der Waals surface area (Å²) in [4.78, 5) is 25.0. The lowest BCUT2D eigenvalue weighted by molar-refractivity contribution is -0.384. The van der Waals surface area contributed by atoms with Gasteiger partial charge in [-0.2, -0.15) is 0 Å². The number of carbonyl (C=O) groups is 1. The Hall–Kier alpha value is -2.31. The van der Waals surface area contributed by atoms with Crippen LogP contribution in [0.25, 0.3) is 0 Å². The number of hydrogen-bond donors (Lipinski definition) is 1. The monoisotopic (exact) mass is 443 g/mol. The van der Waals surface area contributed by atoms with Crippen molar-refractivity contribution >= 4 is 44.1 Å². The first-order valence-electron chi connectivity index (χ1n) is 7.43. The first kappa shape index (κ1) is 18.5. The highest BCUT2D eigenvalue weighted by molar-refractivity contribution is 9.09. The van der Waals surface area contributed by atoms with Crippen LogP contribution in [0.4, 0.5) is 15.6 Å². The highest BCUT2D eigenvalue weighted by Gasteiger charge is 2.37. The molecule has 2 atom stereocenters. The SMILES string of the molecule is CN1CC(O)N(c2nnc(C(CBr)Oc3cccc([N+](=O)[O-])c3)s2)C1=O. The van der Waals surface area contributed by atoms with Crippen molar-refractivity contribution in [2.24, 2.45) is 0 Å². The second-order valence-electron chi connectivity index (χ2n) is 5.45. The van der Waals surface area contributed by atoms with Crippen LogP contribution in [0.1, 0.15) is 11.1 Å². The predicted octanol–water partition coefficient (Wildman–Crippen LogP) is 2.15. The maximum Gasteiger partial charge on any atom is 0.328 e. The zero-order chi connectivity index (χ0) is 18.8. The number of anilines is 1. The van der Waals surface area contributed by atoms with Crippen molar-refractivity contribution in [3.8, 4) is 5.75 Å². The molecule has 26 heavy (non-hydrogen) atoms. The summed E-state index contributed by atoms with van der Waals surface area (Å²) in [7, 11) is 1.58. The second-order valence-corrected chi connectivity index (χ2v) is 7.09. The molecule has 1 N–H and O–H groups in total. The van der Waals surface area contributed by atoms with E-state index in [4.69, 9.17) is 4.74 Å². The number of hydrogen-bond acceptors (Lipinski definition) is 8. The molecule has 2 amide bonds. The quantitative estimate of drug-likeness (QED) is 0.412. The van der Waals surface area contributed by atoms with E-state index in [1.54, 1.807) is 13.1 Å². The number of urea groups is 1. The van der Waals surface area contributed by atoms with Gasteiger partial charge in [-0.25, -0.2) is 9.69 Å². The van der Waals surface area contributed by atoms with Gasteiger partial charge in [0.25, 0.3) is 5.69 Å². The van der Waals surface area contributed by atoms with Crippen LogP contribution in [0.15, 0.2) is 24.3 Å². The average Bonchev–Trinajstić information content (AvgIpc) is 3.18. The van der Waals surface area contributed by atoms with Gasteiger partial charge in [0.15, 0.2) is 17.3 Å². The van der Waals surface area contributed by atoms with Gasteiger partial charge in [-0.15, -0.1) is 10.2 Å². The van der Waals surface area contributed by atoms with Crippen LogP contribution in [-0.4, -0.2) is 56.3 Å². The summed E-state index contributed by atoms with van der Waals surface area (Å²) >= 11 is 4.43. The van der Waals surface area contributed by atoms with Gasteiger partial charge >= 0.3 is 6.03 Å². The third kappa shape index (κ3) is 3.61. The third-order valence-electron chi connectivity index (χ3n) is 3.63. The highest BCUT2D eigenvalue weighted by atomic mass is 79.9. The Balaban J connectivity index is 1.79. The maximum atomic E-state index is 12.1. The number of rotatable bonds is 6. The number of β-amino-alcohol motifs (C(OH)–C–C–N with tert-alkyl or cyclic N) is 1. The number of amides is 2. The van der Waals surface area contributed by atoms with E-state index in [0.717, 1.165) is 11.3 Å². The molecule has 10 nitrogen and oxygen atoms in total. The number of non-ortho nitro benzene ring substituents is 1. The minimum atomic E-state index is -0.992. The van der Waals surface area contributed by atoms with Gasteiger partial charge in [-0.3, -0.25) is 10.1 Å². The average molecular weight is 444 g/mol. The van der Waals surface area contributed by atoms with E-state index in [9.17, 15) is 20.0 Å². The molecular formula is C14H14BrN5O5S. The van der Waals surface area contributed by atoms with Crippen LogP contribution in [0.2, 0.25) is 0 Å². The van der Waals surface area contributed by atoms with Crippen LogP contribution in [0.3, 0.4) is 0 Å². The molecule has 0 radical (unpaired) electrons. The summed E-state index contributed by atoms with van der Waals surface area (Å²) in [6, 6.07) is 5.46. The highest BCUT2D eigenvalue weighted by Crippen LogP contribution is 2.32. The largest absolute Gasteiger partial charge is 0.482 e. The first-order valence-corrected chi connectivity index (χ1v) is 9.37. The fourth-order valence-electron chi connectivity index (χ4n) is 2.36. The van der Waals surface area contributed by atoms with E-state index in [0.29, 0.717) is 16.1 Å². The number of nitro benzene ring substituents is 1. The number of nitrogens with zero attached hydrogens (tertiary/aromatic N) is 5. The molecule has 1 aliphatic rings. The maximum absolute atomic E-state index is 12.1. The van der Waals surface area contributed by atoms with Crippen LogP contribution < -0.4 is 9.64 Å². The lowest BCUT2D eigenvalue weighted by Gasteiger charge is -2.15. The molecule has 3 rings (SSSR count). The molecule has 1 saturated heterocycles. The molecule has 1 fully saturated rings. The molecule has 2 unspecified atom stereocenters. The number of carbonyl (C=O) groups excluding carboxylic acids is 1. The van der Waals surface area contributed by atoms with Crippen LogP contribution in [-0.2, 0) is 0 Å². The van der Waals surface area contributed by atoms with Crippen molar-refractivity contribution in [3.05, 3.63) is 39.4 Å². The number of likely N-dealkylation sites (N-methyl/N-ethyl adjacent to an activating group) is 1. The summed E-state index contributed by atoms with van der Waals surface area (Å²) in [6.07, 6.45) is -1.55. The number of aliphatic hydroxyl groups excluding tert-OH is 1. The van der Waals surface area contributed by atoms with Crippen molar-refractivity contribution < 1.29 is 19.6 Å². The fourth-order valence-corrected chi connectivity index (χ4v) is 3.93.